The van der Waals surface area contributed by atoms with Crippen molar-refractivity contribution in [2.24, 2.45) is 0 Å². The van der Waals surface area contributed by atoms with E-state index in [0.29, 0.717) is 6.42 Å². The molecule has 0 amide bonds. The highest BCUT2D eigenvalue weighted by Crippen LogP contribution is 2.35. The maximum Gasteiger partial charge on any atom is 0.164 e. The second-order valence-corrected chi connectivity index (χ2v) is 10.3. The number of nitrogens with zero attached hydrogens (tertiary/aromatic N) is 1. The van der Waals surface area contributed by atoms with Crippen LogP contribution in [0.3, 0.4) is 0 Å². The smallest absolute Gasteiger partial charge is 0.164 e. The Morgan fingerprint density at radius 1 is 0.781 bits per heavy atom. The van der Waals surface area contributed by atoms with Crippen LogP contribution in [-0.2, 0) is 0 Å². The molecule has 0 aliphatic heterocycles. The first-order valence-electron chi connectivity index (χ1n) is 12.6. The van der Waals surface area contributed by atoms with Gasteiger partial charge in [-0.1, -0.05) is 107 Å². The van der Waals surface area contributed by atoms with Crippen LogP contribution in [0, 0.1) is 0 Å². The van der Waals surface area contributed by atoms with Crippen LogP contribution in [0.4, 0.5) is 5.69 Å². The number of hydrogen-bond donors (Lipinski definition) is 0. The van der Waals surface area contributed by atoms with Crippen molar-refractivity contribution in [1.82, 2.24) is 0 Å². The Labute approximate surface area is 201 Å². The lowest BCUT2D eigenvalue weighted by Gasteiger charge is -2.19. The number of Topliss-reactive ketones (excluding diaryl/α,β-unsaturated/α-hetero) is 1. The van der Waals surface area contributed by atoms with E-state index in [-0.39, 0.29) is 11.0 Å². The number of anilines is 1. The molecule has 3 heteroatoms. The van der Waals surface area contributed by atoms with Crippen LogP contribution in [0.25, 0.3) is 0 Å². The summed E-state index contributed by atoms with van der Waals surface area (Å²) in [5.41, 5.74) is 3.28. The molecule has 0 radical (unpaired) electrons. The predicted molar refractivity (Wildman–Crippen MR) is 143 cm³/mol. The third kappa shape index (κ3) is 10.3. The van der Waals surface area contributed by atoms with Crippen LogP contribution in [-0.4, -0.2) is 25.6 Å². The number of rotatable bonds is 17. The van der Waals surface area contributed by atoms with Crippen LogP contribution >= 0.6 is 11.8 Å². The van der Waals surface area contributed by atoms with E-state index in [2.05, 4.69) is 50.2 Å². The Kier molecular flexibility index (Phi) is 13.2. The quantitative estimate of drug-likeness (QED) is 0.176. The van der Waals surface area contributed by atoms with Gasteiger partial charge in [0.25, 0.3) is 0 Å². The summed E-state index contributed by atoms with van der Waals surface area (Å²) in [6.45, 7) is 2.28. The Morgan fingerprint density at radius 3 is 1.91 bits per heavy atom. The summed E-state index contributed by atoms with van der Waals surface area (Å²) in [7, 11) is 4.12. The molecule has 2 rings (SSSR count). The lowest BCUT2D eigenvalue weighted by Crippen LogP contribution is -2.09. The van der Waals surface area contributed by atoms with Crippen LogP contribution in [0.2, 0.25) is 0 Å². The second kappa shape index (κ2) is 16.0. The summed E-state index contributed by atoms with van der Waals surface area (Å²) in [4.78, 5) is 15.0. The highest BCUT2D eigenvalue weighted by atomic mass is 32.2. The fourth-order valence-corrected chi connectivity index (χ4v) is 5.26. The van der Waals surface area contributed by atoms with E-state index in [1.165, 1.54) is 75.5 Å². The number of carbonyl (C=O) groups excluding carboxylic acids is 1. The molecule has 0 bridgehead atoms. The molecule has 0 spiro atoms. The summed E-state index contributed by atoms with van der Waals surface area (Å²) in [6, 6.07) is 18.5. The summed E-state index contributed by atoms with van der Waals surface area (Å²) >= 11 is 1.95. The van der Waals surface area contributed by atoms with Gasteiger partial charge in [-0.2, -0.15) is 11.8 Å². The zero-order valence-electron chi connectivity index (χ0n) is 20.5. The Bertz CT molecular complexity index is 742. The third-order valence-electron chi connectivity index (χ3n) is 6.06. The van der Waals surface area contributed by atoms with E-state index in [1.54, 1.807) is 0 Å². The van der Waals surface area contributed by atoms with Crippen LogP contribution in [0.15, 0.2) is 54.6 Å². The van der Waals surface area contributed by atoms with Crippen LogP contribution in [0.1, 0.15) is 98.7 Å². The number of hydrogen-bond acceptors (Lipinski definition) is 3. The van der Waals surface area contributed by atoms with Gasteiger partial charge >= 0.3 is 0 Å². The van der Waals surface area contributed by atoms with E-state index in [1.807, 2.05) is 42.1 Å². The van der Waals surface area contributed by atoms with Crippen LogP contribution < -0.4 is 4.90 Å². The first kappa shape index (κ1) is 26.5. The third-order valence-corrected chi connectivity index (χ3v) is 7.43. The average Bonchev–Trinajstić information content (AvgIpc) is 2.82. The summed E-state index contributed by atoms with van der Waals surface area (Å²) in [5.74, 6) is 1.36. The molecular formula is C29H43NOS. The van der Waals surface area contributed by atoms with Crippen molar-refractivity contribution in [1.29, 1.82) is 0 Å². The molecule has 0 aliphatic rings. The minimum Gasteiger partial charge on any atom is -0.378 e. The zero-order chi connectivity index (χ0) is 23.0. The fraction of sp³-hybridized carbons (Fsp3) is 0.552. The minimum atomic E-state index is 0.220. The van der Waals surface area contributed by atoms with Crippen molar-refractivity contribution in [3.8, 4) is 0 Å². The van der Waals surface area contributed by atoms with Gasteiger partial charge in [-0.15, -0.1) is 0 Å². The summed E-state index contributed by atoms with van der Waals surface area (Å²) < 4.78 is 0. The molecule has 32 heavy (non-hydrogen) atoms. The minimum absolute atomic E-state index is 0.220. The van der Waals surface area contributed by atoms with E-state index < -0.39 is 0 Å². The van der Waals surface area contributed by atoms with Crippen molar-refractivity contribution in [3.05, 3.63) is 65.7 Å². The van der Waals surface area contributed by atoms with E-state index in [0.717, 1.165) is 11.3 Å². The average molecular weight is 454 g/mol. The molecule has 176 valence electrons. The highest BCUT2D eigenvalue weighted by Gasteiger charge is 2.18. The van der Waals surface area contributed by atoms with Gasteiger partial charge < -0.3 is 4.90 Å². The molecule has 2 nitrogen and oxygen atoms in total. The molecule has 1 atom stereocenters. The highest BCUT2D eigenvalue weighted by molar-refractivity contribution is 7.99. The van der Waals surface area contributed by atoms with Gasteiger partial charge in [-0.25, -0.2) is 0 Å². The molecule has 0 saturated carbocycles. The van der Waals surface area contributed by atoms with Gasteiger partial charge in [0, 0.05) is 37.0 Å². The molecule has 0 unspecified atom stereocenters. The van der Waals surface area contributed by atoms with E-state index in [9.17, 15) is 4.79 Å². The molecule has 0 saturated heterocycles. The Hall–Kier alpha value is -1.74. The van der Waals surface area contributed by atoms with Gasteiger partial charge in [-0.05, 0) is 29.9 Å². The molecule has 0 fully saturated rings. The lowest BCUT2D eigenvalue weighted by atomic mass is 10.0. The molecule has 0 heterocycles. The Morgan fingerprint density at radius 2 is 1.34 bits per heavy atom. The maximum absolute atomic E-state index is 12.9. The van der Waals surface area contributed by atoms with Gasteiger partial charge in [0.1, 0.15) is 0 Å². The topological polar surface area (TPSA) is 20.3 Å². The number of ketones is 1. The van der Waals surface area contributed by atoms with Crippen molar-refractivity contribution in [2.75, 3.05) is 24.7 Å². The fourth-order valence-electron chi connectivity index (χ4n) is 3.99. The number of benzene rings is 2. The maximum atomic E-state index is 12.9. The van der Waals surface area contributed by atoms with Crippen molar-refractivity contribution in [3.63, 3.8) is 0 Å². The molecule has 0 aromatic heterocycles. The molecular weight excluding hydrogens is 410 g/mol. The number of unbranched alkanes of at least 4 members (excludes halogenated alkanes) is 9. The first-order chi connectivity index (χ1) is 15.6. The predicted octanol–water partition coefficient (Wildman–Crippen LogP) is 8.72. The molecule has 2 aromatic rings. The molecule has 0 N–H and O–H groups in total. The van der Waals surface area contributed by atoms with Crippen LogP contribution in [0.5, 0.6) is 0 Å². The van der Waals surface area contributed by atoms with E-state index >= 15 is 0 Å². The second-order valence-electron chi connectivity index (χ2n) is 9.02. The zero-order valence-corrected chi connectivity index (χ0v) is 21.3. The van der Waals surface area contributed by atoms with Gasteiger partial charge in [0.05, 0.1) is 0 Å². The Balaban J connectivity index is 1.80. The summed E-state index contributed by atoms with van der Waals surface area (Å²) in [5, 5.41) is 0.220. The van der Waals surface area contributed by atoms with Gasteiger partial charge in [0.2, 0.25) is 0 Å². The normalized spacial score (nSPS) is 12.0. The summed E-state index contributed by atoms with van der Waals surface area (Å²) in [6.07, 6.45) is 14.2. The monoisotopic (exact) mass is 453 g/mol. The van der Waals surface area contributed by atoms with Gasteiger partial charge in [-0.3, -0.25) is 4.79 Å². The van der Waals surface area contributed by atoms with Crippen molar-refractivity contribution in [2.45, 2.75) is 82.8 Å². The lowest BCUT2D eigenvalue weighted by molar-refractivity contribution is 0.0982. The number of carbonyl (C=O) groups is 1. The largest absolute Gasteiger partial charge is 0.378 e. The molecule has 2 aromatic carbocycles. The van der Waals surface area contributed by atoms with E-state index in [4.69, 9.17) is 0 Å². The SMILES string of the molecule is CCCCCCCCCCCCS[C@H](CC(=O)c1ccccc1)c1ccc(N(C)C)cc1. The standard InChI is InChI=1S/C29H43NOS/c1-4-5-6-7-8-9-10-11-12-16-23-32-29(24-28(31)25-17-14-13-15-18-25)26-19-21-27(22-20-26)30(2)3/h13-15,17-22,29H,4-12,16,23-24H2,1-3H3/t29-/m1/s1. The molecule has 0 aliphatic carbocycles. The van der Waals surface area contributed by atoms with Gasteiger partial charge in [0.15, 0.2) is 5.78 Å². The number of thioether (sulfide) groups is 1. The van der Waals surface area contributed by atoms with Crippen molar-refractivity contribution >= 4 is 23.2 Å². The first-order valence-corrected chi connectivity index (χ1v) is 13.6. The van der Waals surface area contributed by atoms with Crippen molar-refractivity contribution < 1.29 is 4.79 Å².